The van der Waals surface area contributed by atoms with E-state index < -0.39 is 11.9 Å². The molecule has 0 aliphatic carbocycles. The summed E-state index contributed by atoms with van der Waals surface area (Å²) in [6.07, 6.45) is -0.0806. The quantitative estimate of drug-likeness (QED) is 0.206. The first kappa shape index (κ1) is 22.3. The van der Waals surface area contributed by atoms with E-state index in [2.05, 4.69) is 24.9 Å². The van der Waals surface area contributed by atoms with Crippen molar-refractivity contribution in [1.82, 2.24) is 4.90 Å². The first-order chi connectivity index (χ1) is 11.9. The molecule has 0 aromatic carbocycles. The van der Waals surface area contributed by atoms with Crippen molar-refractivity contribution in [1.29, 1.82) is 0 Å². The third-order valence-electron chi connectivity index (χ3n) is 3.21. The van der Waals surface area contributed by atoms with Gasteiger partial charge in [0.1, 0.15) is 0 Å². The molecule has 0 bridgehead atoms. The van der Waals surface area contributed by atoms with Crippen LogP contribution in [0.3, 0.4) is 0 Å². The molecule has 0 aliphatic rings. The molecule has 0 spiro atoms. The van der Waals surface area contributed by atoms with Crippen molar-refractivity contribution < 1.29 is 34.7 Å². The molecule has 0 amide bonds. The molecule has 142 valence electrons. The number of rotatable bonds is 11. The average molecular weight is 360 g/mol. The summed E-state index contributed by atoms with van der Waals surface area (Å²) in [6, 6.07) is 0. The number of ether oxygens (including phenoxy) is 2. The maximum Gasteiger partial charge on any atom is 0.311 e. The molecule has 0 fully saturated rings. The van der Waals surface area contributed by atoms with Crippen molar-refractivity contribution in [2.75, 3.05) is 33.9 Å². The van der Waals surface area contributed by atoms with Crippen molar-refractivity contribution >= 4 is 29.1 Å². The van der Waals surface area contributed by atoms with Gasteiger partial charge in [-0.3, -0.25) is 14.5 Å². The van der Waals surface area contributed by atoms with E-state index in [9.17, 15) is 9.59 Å². The van der Waals surface area contributed by atoms with Crippen molar-refractivity contribution in [3.8, 4) is 0 Å². The monoisotopic (exact) mass is 360 g/mol. The third kappa shape index (κ3) is 9.91. The molecule has 0 saturated carbocycles. The van der Waals surface area contributed by atoms with Crippen LogP contribution in [0.1, 0.15) is 26.2 Å². The van der Waals surface area contributed by atoms with E-state index in [0.717, 1.165) is 0 Å². The Hall–Kier alpha value is -2.69. The molecule has 0 radical (unpaired) electrons. The van der Waals surface area contributed by atoms with Crippen molar-refractivity contribution in [2.45, 2.75) is 26.2 Å². The SMILES string of the molecule is COC(=O)C/C(CN(CC/C(C)=N/O)C/C(CC(=O)OC)=N/O)=N\O. The van der Waals surface area contributed by atoms with Crippen LogP contribution in [-0.4, -0.2) is 83.4 Å². The Bertz CT molecular complexity index is 495. The summed E-state index contributed by atoms with van der Waals surface area (Å²) in [5, 5.41) is 36.0. The fraction of sp³-hybridized carbons (Fsp3) is 0.643. The van der Waals surface area contributed by atoms with Crippen molar-refractivity contribution in [3.63, 3.8) is 0 Å². The minimum atomic E-state index is -0.577. The van der Waals surface area contributed by atoms with Gasteiger partial charge in [0.05, 0.1) is 44.2 Å². The number of hydrogen-bond acceptors (Lipinski definition) is 11. The Morgan fingerprint density at radius 1 is 0.880 bits per heavy atom. The fourth-order valence-electron chi connectivity index (χ4n) is 1.82. The maximum atomic E-state index is 11.3. The van der Waals surface area contributed by atoms with Gasteiger partial charge in [-0.05, 0) is 6.92 Å². The Morgan fingerprint density at radius 2 is 1.32 bits per heavy atom. The Labute approximate surface area is 145 Å². The fourth-order valence-corrected chi connectivity index (χ4v) is 1.82. The van der Waals surface area contributed by atoms with Gasteiger partial charge in [0, 0.05) is 26.1 Å². The second-order valence-electron chi connectivity index (χ2n) is 5.13. The van der Waals surface area contributed by atoms with Crippen LogP contribution >= 0.6 is 0 Å². The lowest BCUT2D eigenvalue weighted by Crippen LogP contribution is -2.37. The summed E-state index contributed by atoms with van der Waals surface area (Å²) in [6.45, 7) is 2.04. The molecule has 0 unspecified atom stereocenters. The van der Waals surface area contributed by atoms with Crippen LogP contribution in [0.25, 0.3) is 0 Å². The molecular formula is C14H24N4O7. The lowest BCUT2D eigenvalue weighted by molar-refractivity contribution is -0.140. The summed E-state index contributed by atoms with van der Waals surface area (Å²) in [5.41, 5.74) is 0.706. The van der Waals surface area contributed by atoms with Gasteiger partial charge < -0.3 is 25.1 Å². The highest BCUT2D eigenvalue weighted by Gasteiger charge is 2.18. The minimum Gasteiger partial charge on any atom is -0.469 e. The van der Waals surface area contributed by atoms with Gasteiger partial charge in [-0.25, -0.2) is 0 Å². The summed E-state index contributed by atoms with van der Waals surface area (Å²) in [5.74, 6) is -1.15. The van der Waals surface area contributed by atoms with Gasteiger partial charge in [0.2, 0.25) is 0 Å². The first-order valence-corrected chi connectivity index (χ1v) is 7.33. The van der Waals surface area contributed by atoms with Crippen molar-refractivity contribution in [2.24, 2.45) is 15.5 Å². The molecule has 3 N–H and O–H groups in total. The highest BCUT2D eigenvalue weighted by atomic mass is 16.5. The zero-order valence-electron chi connectivity index (χ0n) is 14.5. The van der Waals surface area contributed by atoms with E-state index in [4.69, 9.17) is 15.6 Å². The molecule has 25 heavy (non-hydrogen) atoms. The second-order valence-corrected chi connectivity index (χ2v) is 5.13. The number of carbonyl (C=O) groups excluding carboxylic acids is 2. The standard InChI is InChI=1S/C14H24N4O7/c1-10(15-21)4-5-18(8-11(16-22)6-13(19)24-2)9-12(17-23)7-14(20)25-3/h21-23H,4-9H2,1-3H3/b15-10+,16-11+,17-12+. The molecule has 0 aliphatic heterocycles. The van der Waals surface area contributed by atoms with E-state index in [-0.39, 0.29) is 37.4 Å². The number of oxime groups is 3. The topological polar surface area (TPSA) is 154 Å². The molecule has 0 aromatic rings. The van der Waals surface area contributed by atoms with E-state index in [1.807, 2.05) is 0 Å². The summed E-state index contributed by atoms with van der Waals surface area (Å²) >= 11 is 0. The average Bonchev–Trinajstić information content (AvgIpc) is 2.63. The molecule has 0 atom stereocenters. The first-order valence-electron chi connectivity index (χ1n) is 7.33. The van der Waals surface area contributed by atoms with E-state index >= 15 is 0 Å². The van der Waals surface area contributed by atoms with Crippen LogP contribution in [-0.2, 0) is 19.1 Å². The summed E-state index contributed by atoms with van der Waals surface area (Å²) < 4.78 is 9.05. The largest absolute Gasteiger partial charge is 0.469 e. The van der Waals surface area contributed by atoms with Gasteiger partial charge >= 0.3 is 11.9 Å². The molecule has 11 nitrogen and oxygen atoms in total. The van der Waals surface area contributed by atoms with Gasteiger partial charge in [-0.2, -0.15) is 0 Å². The number of hydrogen-bond donors (Lipinski definition) is 3. The van der Waals surface area contributed by atoms with Crippen LogP contribution < -0.4 is 0 Å². The lowest BCUT2D eigenvalue weighted by Gasteiger charge is -2.22. The van der Waals surface area contributed by atoms with Crippen LogP contribution in [0, 0.1) is 0 Å². The van der Waals surface area contributed by atoms with Gasteiger partial charge in [-0.15, -0.1) is 0 Å². The van der Waals surface area contributed by atoms with E-state index in [1.54, 1.807) is 11.8 Å². The molecule has 0 rings (SSSR count). The lowest BCUT2D eigenvalue weighted by atomic mass is 10.2. The number of nitrogens with zero attached hydrogens (tertiary/aromatic N) is 4. The highest BCUT2D eigenvalue weighted by molar-refractivity contribution is 6.01. The Balaban J connectivity index is 5.06. The van der Waals surface area contributed by atoms with Crippen LogP contribution in [0.4, 0.5) is 0 Å². The highest BCUT2D eigenvalue weighted by Crippen LogP contribution is 2.02. The number of carbonyl (C=O) groups is 2. The Morgan fingerprint density at radius 3 is 1.64 bits per heavy atom. The van der Waals surface area contributed by atoms with Crippen LogP contribution in [0.2, 0.25) is 0 Å². The zero-order chi connectivity index (χ0) is 19.2. The minimum absolute atomic E-state index is 0.0461. The molecule has 0 heterocycles. The summed E-state index contributed by atoms with van der Waals surface area (Å²) in [4.78, 5) is 24.3. The van der Waals surface area contributed by atoms with Crippen molar-refractivity contribution in [3.05, 3.63) is 0 Å². The zero-order valence-corrected chi connectivity index (χ0v) is 14.5. The number of esters is 2. The predicted octanol–water partition coefficient (Wildman–Crippen LogP) is 0.315. The Kier molecular flexibility index (Phi) is 11.3. The summed E-state index contributed by atoms with van der Waals surface area (Å²) in [7, 11) is 2.42. The van der Waals surface area contributed by atoms with E-state index in [0.29, 0.717) is 18.7 Å². The molecular weight excluding hydrogens is 336 g/mol. The van der Waals surface area contributed by atoms with Gasteiger partial charge in [0.15, 0.2) is 0 Å². The van der Waals surface area contributed by atoms with Gasteiger partial charge in [-0.1, -0.05) is 15.5 Å². The van der Waals surface area contributed by atoms with E-state index in [1.165, 1.54) is 14.2 Å². The molecule has 0 saturated heterocycles. The second kappa shape index (κ2) is 12.7. The van der Waals surface area contributed by atoms with Crippen LogP contribution in [0.15, 0.2) is 15.5 Å². The smallest absolute Gasteiger partial charge is 0.311 e. The maximum absolute atomic E-state index is 11.3. The third-order valence-corrected chi connectivity index (χ3v) is 3.21. The molecule has 0 aromatic heterocycles. The van der Waals surface area contributed by atoms with Crippen LogP contribution in [0.5, 0.6) is 0 Å². The normalized spacial score (nSPS) is 13.0. The molecule has 11 heteroatoms. The number of methoxy groups -OCH3 is 2. The van der Waals surface area contributed by atoms with Gasteiger partial charge in [0.25, 0.3) is 0 Å². The predicted molar refractivity (Wildman–Crippen MR) is 87.7 cm³/mol.